The maximum absolute atomic E-state index is 12.0. The number of aliphatic carboxylic acids is 1. The van der Waals surface area contributed by atoms with E-state index < -0.39 is 5.97 Å². The topological polar surface area (TPSA) is 77.5 Å². The van der Waals surface area contributed by atoms with Gasteiger partial charge in [0.2, 0.25) is 0 Å². The molecule has 0 fully saturated rings. The Morgan fingerprint density at radius 3 is 2.11 bits per heavy atom. The summed E-state index contributed by atoms with van der Waals surface area (Å²) in [7, 11) is 0. The molecule has 1 aromatic rings. The van der Waals surface area contributed by atoms with E-state index in [0.29, 0.717) is 36.9 Å². The number of fused-ring (bicyclic) bond motifs is 1. The van der Waals surface area contributed by atoms with Crippen LogP contribution in [0.1, 0.15) is 46.4 Å². The smallest absolute Gasteiger partial charge is 0.261 e. The second kappa shape index (κ2) is 5.65. The van der Waals surface area contributed by atoms with Crippen molar-refractivity contribution in [3.8, 4) is 0 Å². The van der Waals surface area contributed by atoms with Gasteiger partial charge in [0.1, 0.15) is 0 Å². The maximum atomic E-state index is 12.0. The normalized spacial score (nSPS) is 13.8. The highest BCUT2D eigenvalue weighted by molar-refractivity contribution is 6.21. The van der Waals surface area contributed by atoms with Crippen LogP contribution in [-0.4, -0.2) is 29.2 Å². The van der Waals surface area contributed by atoms with E-state index in [2.05, 4.69) is 0 Å². The Labute approximate surface area is 110 Å². The number of hydrogen-bond donors (Lipinski definition) is 0. The van der Waals surface area contributed by atoms with E-state index in [-0.39, 0.29) is 18.2 Å². The van der Waals surface area contributed by atoms with Crippen LogP contribution in [0.2, 0.25) is 0 Å². The second-order valence-electron chi connectivity index (χ2n) is 4.49. The first-order chi connectivity index (χ1) is 9.11. The lowest BCUT2D eigenvalue weighted by molar-refractivity contribution is -0.305. The Balaban J connectivity index is 1.88. The summed E-state index contributed by atoms with van der Waals surface area (Å²) >= 11 is 0. The SMILES string of the molecule is O=C([O-])CCCCCN1C(=O)c2ccccc2C1=O. The molecule has 1 aliphatic rings. The first-order valence-electron chi connectivity index (χ1n) is 6.26. The van der Waals surface area contributed by atoms with Gasteiger partial charge >= 0.3 is 0 Å². The van der Waals surface area contributed by atoms with Gasteiger partial charge in [0.15, 0.2) is 0 Å². The number of carboxylic acids is 1. The van der Waals surface area contributed by atoms with Gasteiger partial charge in [-0.1, -0.05) is 18.6 Å². The van der Waals surface area contributed by atoms with E-state index in [1.807, 2.05) is 0 Å². The standard InChI is InChI=1S/C14H15NO4/c16-12(17)8-2-1-5-9-15-13(18)10-6-3-4-7-11(10)14(15)19/h3-4,6-7H,1-2,5,8-9H2,(H,16,17)/p-1. The zero-order valence-corrected chi connectivity index (χ0v) is 10.4. The monoisotopic (exact) mass is 260 g/mol. The Morgan fingerprint density at radius 1 is 1.00 bits per heavy atom. The molecule has 1 heterocycles. The molecule has 0 saturated carbocycles. The van der Waals surface area contributed by atoms with Gasteiger partial charge in [-0.3, -0.25) is 14.5 Å². The predicted octanol–water partition coefficient (Wildman–Crippen LogP) is 0.593. The molecule has 1 aliphatic heterocycles. The van der Waals surface area contributed by atoms with Gasteiger partial charge in [-0.2, -0.15) is 0 Å². The summed E-state index contributed by atoms with van der Waals surface area (Å²) in [6, 6.07) is 6.75. The highest BCUT2D eigenvalue weighted by Crippen LogP contribution is 2.22. The maximum Gasteiger partial charge on any atom is 0.261 e. The number of benzene rings is 1. The summed E-state index contributed by atoms with van der Waals surface area (Å²) in [6.45, 7) is 0.333. The van der Waals surface area contributed by atoms with Gasteiger partial charge in [0.05, 0.1) is 11.1 Å². The van der Waals surface area contributed by atoms with Crippen LogP contribution >= 0.6 is 0 Å². The van der Waals surface area contributed by atoms with Crippen molar-refractivity contribution in [3.05, 3.63) is 35.4 Å². The number of carboxylic acid groups (broad SMARTS) is 1. The Bertz CT molecular complexity index is 489. The Morgan fingerprint density at radius 2 is 1.58 bits per heavy atom. The van der Waals surface area contributed by atoms with E-state index in [9.17, 15) is 19.5 Å². The molecule has 0 saturated heterocycles. The van der Waals surface area contributed by atoms with Gasteiger partial charge in [-0.05, 0) is 31.4 Å². The van der Waals surface area contributed by atoms with Crippen LogP contribution in [0.3, 0.4) is 0 Å². The minimum absolute atomic E-state index is 0.0160. The van der Waals surface area contributed by atoms with Crippen LogP contribution in [-0.2, 0) is 4.79 Å². The number of carbonyl (C=O) groups excluding carboxylic acids is 3. The number of nitrogens with zero attached hydrogens (tertiary/aromatic N) is 1. The van der Waals surface area contributed by atoms with Crippen molar-refractivity contribution >= 4 is 17.8 Å². The molecule has 0 radical (unpaired) electrons. The van der Waals surface area contributed by atoms with Gasteiger partial charge in [0, 0.05) is 12.5 Å². The second-order valence-corrected chi connectivity index (χ2v) is 4.49. The molecule has 0 N–H and O–H groups in total. The number of rotatable bonds is 6. The predicted molar refractivity (Wildman–Crippen MR) is 65.3 cm³/mol. The highest BCUT2D eigenvalue weighted by atomic mass is 16.4. The van der Waals surface area contributed by atoms with Gasteiger partial charge in [-0.25, -0.2) is 0 Å². The molecule has 0 aromatic heterocycles. The largest absolute Gasteiger partial charge is 0.550 e. The van der Waals surface area contributed by atoms with Crippen LogP contribution < -0.4 is 5.11 Å². The number of unbranched alkanes of at least 4 members (excludes halogenated alkanes) is 2. The van der Waals surface area contributed by atoms with Crippen molar-refractivity contribution in [3.63, 3.8) is 0 Å². The fourth-order valence-electron chi connectivity index (χ4n) is 2.16. The third-order valence-electron chi connectivity index (χ3n) is 3.14. The van der Waals surface area contributed by atoms with Crippen molar-refractivity contribution in [1.82, 2.24) is 4.90 Å². The third kappa shape index (κ3) is 2.81. The van der Waals surface area contributed by atoms with Gasteiger partial charge in [-0.15, -0.1) is 0 Å². The fraction of sp³-hybridized carbons (Fsp3) is 0.357. The summed E-state index contributed by atoms with van der Waals surface area (Å²) in [5.41, 5.74) is 0.893. The van der Waals surface area contributed by atoms with Crippen molar-refractivity contribution in [2.24, 2.45) is 0 Å². The minimum atomic E-state index is -1.07. The first kappa shape index (κ1) is 13.3. The molecule has 0 unspecified atom stereocenters. The summed E-state index contributed by atoms with van der Waals surface area (Å²) < 4.78 is 0. The van der Waals surface area contributed by atoms with Crippen LogP contribution in [0.15, 0.2) is 24.3 Å². The number of amides is 2. The molecule has 0 bridgehead atoms. The Hall–Kier alpha value is -2.17. The molecule has 2 rings (SSSR count). The van der Waals surface area contributed by atoms with Crippen molar-refractivity contribution < 1.29 is 19.5 Å². The van der Waals surface area contributed by atoms with Gasteiger partial charge in [0.25, 0.3) is 11.8 Å². The lowest BCUT2D eigenvalue weighted by atomic mass is 10.1. The Kier molecular flexibility index (Phi) is 3.94. The fourth-order valence-corrected chi connectivity index (χ4v) is 2.16. The van der Waals surface area contributed by atoms with E-state index in [0.717, 1.165) is 0 Å². The zero-order chi connectivity index (χ0) is 13.8. The molecule has 0 aliphatic carbocycles. The lowest BCUT2D eigenvalue weighted by Gasteiger charge is -2.13. The van der Waals surface area contributed by atoms with E-state index in [4.69, 9.17) is 0 Å². The van der Waals surface area contributed by atoms with E-state index >= 15 is 0 Å². The molecule has 2 amide bonds. The lowest BCUT2D eigenvalue weighted by Crippen LogP contribution is -2.30. The quantitative estimate of drug-likeness (QED) is 0.554. The van der Waals surface area contributed by atoms with Crippen LogP contribution in [0.25, 0.3) is 0 Å². The average Bonchev–Trinajstić information content (AvgIpc) is 2.63. The molecule has 0 spiro atoms. The summed E-state index contributed by atoms with van der Waals surface area (Å²) in [5.74, 6) is -1.60. The van der Waals surface area contributed by atoms with Crippen molar-refractivity contribution in [2.75, 3.05) is 6.54 Å². The van der Waals surface area contributed by atoms with Crippen LogP contribution in [0.5, 0.6) is 0 Å². The van der Waals surface area contributed by atoms with Crippen molar-refractivity contribution in [2.45, 2.75) is 25.7 Å². The summed E-state index contributed by atoms with van der Waals surface area (Å²) in [4.78, 5) is 35.4. The third-order valence-corrected chi connectivity index (χ3v) is 3.14. The average molecular weight is 260 g/mol. The first-order valence-corrected chi connectivity index (χ1v) is 6.26. The molecule has 1 aromatic carbocycles. The molecular formula is C14H14NO4-. The summed E-state index contributed by atoms with van der Waals surface area (Å²) in [6.07, 6.45) is 1.79. The number of carbonyl (C=O) groups is 3. The van der Waals surface area contributed by atoms with Crippen molar-refractivity contribution in [1.29, 1.82) is 0 Å². The van der Waals surface area contributed by atoms with Crippen LogP contribution in [0, 0.1) is 0 Å². The van der Waals surface area contributed by atoms with Gasteiger partial charge < -0.3 is 9.90 Å². The van der Waals surface area contributed by atoms with Crippen LogP contribution in [0.4, 0.5) is 0 Å². The molecular weight excluding hydrogens is 246 g/mol. The minimum Gasteiger partial charge on any atom is -0.550 e. The molecule has 5 nitrogen and oxygen atoms in total. The van der Waals surface area contributed by atoms with E-state index in [1.165, 1.54) is 4.90 Å². The number of hydrogen-bond acceptors (Lipinski definition) is 4. The molecule has 0 atom stereocenters. The molecule has 100 valence electrons. The number of imide groups is 1. The zero-order valence-electron chi connectivity index (χ0n) is 10.4. The summed E-state index contributed by atoms with van der Waals surface area (Å²) in [5, 5.41) is 10.2. The highest BCUT2D eigenvalue weighted by Gasteiger charge is 2.34. The molecule has 5 heteroatoms. The molecule has 19 heavy (non-hydrogen) atoms. The van der Waals surface area contributed by atoms with E-state index in [1.54, 1.807) is 24.3 Å².